The Morgan fingerprint density at radius 2 is 1.80 bits per heavy atom. The minimum atomic E-state index is -4.74. The van der Waals surface area contributed by atoms with Crippen molar-refractivity contribution in [2.75, 3.05) is 24.6 Å². The summed E-state index contributed by atoms with van der Waals surface area (Å²) in [6.07, 6.45) is -1.88. The minimum Gasteiger partial charge on any atom is -0.493 e. The zero-order chi connectivity index (χ0) is 28.9. The zero-order valence-corrected chi connectivity index (χ0v) is 22.1. The summed E-state index contributed by atoms with van der Waals surface area (Å²) in [6.45, 7) is 3.47. The molecule has 3 aromatic rings. The van der Waals surface area contributed by atoms with Crippen LogP contribution in [0.1, 0.15) is 32.4 Å². The Morgan fingerprint density at radius 3 is 2.35 bits per heavy atom. The van der Waals surface area contributed by atoms with E-state index in [9.17, 15) is 28.4 Å². The van der Waals surface area contributed by atoms with Crippen molar-refractivity contribution in [3.63, 3.8) is 0 Å². The van der Waals surface area contributed by atoms with E-state index in [4.69, 9.17) is 21.1 Å². The van der Waals surface area contributed by atoms with E-state index < -0.39 is 29.4 Å². The van der Waals surface area contributed by atoms with Gasteiger partial charge in [-0.3, -0.25) is 4.57 Å². The monoisotopic (exact) mass is 585 g/mol. The van der Waals surface area contributed by atoms with Crippen LogP contribution in [0.2, 0.25) is 5.28 Å². The van der Waals surface area contributed by atoms with Crippen LogP contribution in [-0.4, -0.2) is 56.7 Å². The number of aliphatic hydroxyl groups excluding tert-OH is 1. The van der Waals surface area contributed by atoms with E-state index in [1.807, 2.05) is 0 Å². The third kappa shape index (κ3) is 8.11. The summed E-state index contributed by atoms with van der Waals surface area (Å²) in [4.78, 5) is 20.7. The highest BCUT2D eigenvalue weighted by Gasteiger charge is 2.31. The second-order valence-electron chi connectivity index (χ2n) is 9.30. The summed E-state index contributed by atoms with van der Waals surface area (Å²) in [5.74, 6) is 1.14. The number of aromatic nitrogens is 3. The van der Waals surface area contributed by atoms with Crippen molar-refractivity contribution >= 4 is 23.2 Å². The summed E-state index contributed by atoms with van der Waals surface area (Å²) >= 11 is 6.07. The quantitative estimate of drug-likeness (QED) is 0.233. The van der Waals surface area contributed by atoms with Gasteiger partial charge in [0.05, 0.1) is 18.9 Å². The SMILES string of the molecule is CC(O)CC(Oc1ccc(N2CCC(COc3ccc(OC(F)(F)F)cc3)CC2)nc1)n1cc([N+](=O)[O-])nc1Cl. The number of nitro groups is 1. The summed E-state index contributed by atoms with van der Waals surface area (Å²) in [7, 11) is 0. The Bertz CT molecular complexity index is 1270. The Hall–Kier alpha value is -3.78. The molecular formula is C25H27ClF3N5O6. The molecule has 1 aliphatic heterocycles. The van der Waals surface area contributed by atoms with E-state index in [1.165, 1.54) is 35.0 Å². The molecule has 1 fully saturated rings. The first-order chi connectivity index (χ1) is 19.0. The van der Waals surface area contributed by atoms with E-state index >= 15 is 0 Å². The molecule has 0 saturated carbocycles. The molecular weight excluding hydrogens is 559 g/mol. The molecule has 0 spiro atoms. The molecule has 216 valence electrons. The van der Waals surface area contributed by atoms with Crippen LogP contribution in [0.4, 0.5) is 24.8 Å². The smallest absolute Gasteiger partial charge is 0.493 e. The summed E-state index contributed by atoms with van der Waals surface area (Å²) < 4.78 is 53.7. The first-order valence-electron chi connectivity index (χ1n) is 12.4. The number of rotatable bonds is 11. The van der Waals surface area contributed by atoms with Gasteiger partial charge in [-0.2, -0.15) is 0 Å². The van der Waals surface area contributed by atoms with Crippen molar-refractivity contribution < 1.29 is 37.4 Å². The van der Waals surface area contributed by atoms with E-state index in [-0.39, 0.29) is 23.4 Å². The van der Waals surface area contributed by atoms with Crippen molar-refractivity contribution in [1.29, 1.82) is 0 Å². The van der Waals surface area contributed by atoms with Gasteiger partial charge >= 0.3 is 17.5 Å². The average molecular weight is 586 g/mol. The average Bonchev–Trinajstić information content (AvgIpc) is 3.29. The molecule has 1 N–H and O–H groups in total. The zero-order valence-electron chi connectivity index (χ0n) is 21.3. The number of pyridine rings is 1. The number of imidazole rings is 1. The van der Waals surface area contributed by atoms with E-state index in [1.54, 1.807) is 19.1 Å². The van der Waals surface area contributed by atoms with Gasteiger partial charge in [0.25, 0.3) is 0 Å². The lowest BCUT2D eigenvalue weighted by Crippen LogP contribution is -2.36. The number of anilines is 1. The van der Waals surface area contributed by atoms with E-state index in [0.29, 0.717) is 18.1 Å². The number of halogens is 4. The van der Waals surface area contributed by atoms with Gasteiger partial charge in [-0.05, 0) is 83.6 Å². The molecule has 2 unspecified atom stereocenters. The number of aliphatic hydroxyl groups is 1. The second kappa shape index (κ2) is 12.6. The summed E-state index contributed by atoms with van der Waals surface area (Å²) in [5, 5.41) is 20.8. The molecule has 1 aliphatic rings. The van der Waals surface area contributed by atoms with Crippen LogP contribution in [0.3, 0.4) is 0 Å². The molecule has 2 aromatic heterocycles. The molecule has 1 aromatic carbocycles. The van der Waals surface area contributed by atoms with Gasteiger partial charge in [0.15, 0.2) is 6.23 Å². The van der Waals surface area contributed by atoms with Gasteiger partial charge in [0, 0.05) is 19.5 Å². The number of hydrogen-bond donors (Lipinski definition) is 1. The van der Waals surface area contributed by atoms with Gasteiger partial charge in [-0.15, -0.1) is 13.2 Å². The number of ether oxygens (including phenoxy) is 3. The molecule has 40 heavy (non-hydrogen) atoms. The Kier molecular flexibility index (Phi) is 9.20. The van der Waals surface area contributed by atoms with Crippen LogP contribution in [-0.2, 0) is 0 Å². The van der Waals surface area contributed by atoms with Crippen LogP contribution in [0.15, 0.2) is 48.8 Å². The highest BCUT2D eigenvalue weighted by molar-refractivity contribution is 6.28. The maximum Gasteiger partial charge on any atom is 0.573 e. The highest BCUT2D eigenvalue weighted by Crippen LogP contribution is 2.29. The molecule has 0 aliphatic carbocycles. The lowest BCUT2D eigenvalue weighted by molar-refractivity contribution is -0.389. The third-order valence-corrected chi connectivity index (χ3v) is 6.47. The molecule has 11 nitrogen and oxygen atoms in total. The lowest BCUT2D eigenvalue weighted by atomic mass is 9.98. The fraction of sp³-hybridized carbons (Fsp3) is 0.440. The lowest BCUT2D eigenvalue weighted by Gasteiger charge is -2.32. The molecule has 15 heteroatoms. The normalized spacial score (nSPS) is 15.9. The second-order valence-corrected chi connectivity index (χ2v) is 9.64. The van der Waals surface area contributed by atoms with E-state index in [2.05, 4.69) is 19.6 Å². The summed E-state index contributed by atoms with van der Waals surface area (Å²) in [6, 6.07) is 8.83. The van der Waals surface area contributed by atoms with Crippen LogP contribution in [0.25, 0.3) is 0 Å². The first kappa shape index (κ1) is 29.2. The Balaban J connectivity index is 1.28. The van der Waals surface area contributed by atoms with Crippen molar-refractivity contribution in [3.8, 4) is 17.2 Å². The van der Waals surface area contributed by atoms with Crippen LogP contribution in [0, 0.1) is 16.0 Å². The topological polar surface area (TPSA) is 125 Å². The van der Waals surface area contributed by atoms with Crippen LogP contribution < -0.4 is 19.1 Å². The van der Waals surface area contributed by atoms with Gasteiger partial charge in [0.2, 0.25) is 0 Å². The van der Waals surface area contributed by atoms with Crippen molar-refractivity contribution in [1.82, 2.24) is 14.5 Å². The fourth-order valence-corrected chi connectivity index (χ4v) is 4.47. The van der Waals surface area contributed by atoms with Crippen LogP contribution in [0.5, 0.6) is 17.2 Å². The van der Waals surface area contributed by atoms with Crippen molar-refractivity contribution in [2.24, 2.45) is 5.92 Å². The minimum absolute atomic E-state index is 0.107. The maximum absolute atomic E-state index is 12.3. The molecule has 4 rings (SSSR count). The molecule has 2 atom stereocenters. The highest BCUT2D eigenvalue weighted by atomic mass is 35.5. The Labute approximate surface area is 232 Å². The third-order valence-electron chi connectivity index (χ3n) is 6.19. The standard InChI is InChI=1S/C25H27ClF3N5O6/c1-16(35)12-23(33-14-22(34(36)37)31-24(33)26)39-20-6-7-21(30-13-20)32-10-8-17(9-11-32)15-38-18-2-4-19(5-3-18)40-25(27,28)29/h2-7,13-14,16-17,23,35H,8-12,15H2,1H3. The molecule has 0 bridgehead atoms. The van der Waals surface area contributed by atoms with Crippen molar-refractivity contribution in [3.05, 3.63) is 64.2 Å². The predicted molar refractivity (Wildman–Crippen MR) is 138 cm³/mol. The summed E-state index contributed by atoms with van der Waals surface area (Å²) in [5.41, 5.74) is 0. The maximum atomic E-state index is 12.3. The molecule has 1 saturated heterocycles. The first-order valence-corrected chi connectivity index (χ1v) is 12.8. The fourth-order valence-electron chi connectivity index (χ4n) is 4.23. The van der Waals surface area contributed by atoms with Gasteiger partial charge in [0.1, 0.15) is 29.3 Å². The van der Waals surface area contributed by atoms with Gasteiger partial charge in [-0.1, -0.05) is 0 Å². The molecule has 3 heterocycles. The van der Waals surface area contributed by atoms with Crippen LogP contribution >= 0.6 is 11.6 Å². The molecule has 0 amide bonds. The predicted octanol–water partition coefficient (Wildman–Crippen LogP) is 5.38. The van der Waals surface area contributed by atoms with Gasteiger partial charge in [-0.25, -0.2) is 4.98 Å². The number of nitrogens with zero attached hydrogens (tertiary/aromatic N) is 5. The largest absolute Gasteiger partial charge is 0.573 e. The number of benzene rings is 1. The van der Waals surface area contributed by atoms with E-state index in [0.717, 1.165) is 37.9 Å². The number of piperidine rings is 1. The number of alkyl halides is 3. The van der Waals surface area contributed by atoms with Gasteiger partial charge < -0.3 is 34.3 Å². The van der Waals surface area contributed by atoms with Crippen molar-refractivity contribution in [2.45, 2.75) is 44.9 Å². The number of hydrogen-bond acceptors (Lipinski definition) is 9. The Morgan fingerprint density at radius 1 is 1.15 bits per heavy atom. The molecule has 0 radical (unpaired) electrons.